The van der Waals surface area contributed by atoms with E-state index in [1.165, 1.54) is 25.7 Å². The number of hydrogen-bond donors (Lipinski definition) is 1. The third kappa shape index (κ3) is 4.40. The summed E-state index contributed by atoms with van der Waals surface area (Å²) >= 11 is 0. The van der Waals surface area contributed by atoms with Crippen molar-refractivity contribution in [1.29, 1.82) is 0 Å². The molecule has 0 amide bonds. The summed E-state index contributed by atoms with van der Waals surface area (Å²) in [5, 5.41) is 14.0. The highest BCUT2D eigenvalue weighted by atomic mass is 15.5. The van der Waals surface area contributed by atoms with Crippen LogP contribution in [0, 0.1) is 11.8 Å². The van der Waals surface area contributed by atoms with E-state index in [4.69, 9.17) is 0 Å². The smallest absolute Gasteiger partial charge is 0.174 e. The molecule has 86 valence electrons. The highest BCUT2D eigenvalue weighted by Gasteiger charge is 2.13. The summed E-state index contributed by atoms with van der Waals surface area (Å²) in [6, 6.07) is 0. The molecule has 1 rings (SSSR count). The largest absolute Gasteiger partial charge is 0.177 e. The first kappa shape index (κ1) is 12.1. The molecule has 0 fully saturated rings. The molecule has 15 heavy (non-hydrogen) atoms. The maximum absolute atomic E-state index is 3.98. The van der Waals surface area contributed by atoms with Crippen LogP contribution in [0.25, 0.3) is 0 Å². The SMILES string of the molecule is CCCC[C@@H](CCc1nn[nH]n1)C(C)C. The van der Waals surface area contributed by atoms with Crippen LogP contribution in [0.15, 0.2) is 0 Å². The molecule has 0 saturated carbocycles. The van der Waals surface area contributed by atoms with E-state index in [1.54, 1.807) is 0 Å². The molecular weight excluding hydrogens is 188 g/mol. The normalized spacial score (nSPS) is 13.3. The molecule has 0 aromatic carbocycles. The van der Waals surface area contributed by atoms with Crippen molar-refractivity contribution in [2.75, 3.05) is 0 Å². The first-order valence-corrected chi connectivity index (χ1v) is 5.96. The minimum Gasteiger partial charge on any atom is -0.177 e. The monoisotopic (exact) mass is 210 g/mol. The second kappa shape index (κ2) is 6.53. The first-order valence-electron chi connectivity index (χ1n) is 5.96. The van der Waals surface area contributed by atoms with Crippen LogP contribution in [0.3, 0.4) is 0 Å². The number of nitrogens with one attached hydrogen (secondary N) is 1. The van der Waals surface area contributed by atoms with Crippen molar-refractivity contribution in [3.63, 3.8) is 0 Å². The Bertz CT molecular complexity index is 243. The number of nitrogens with zero attached hydrogens (tertiary/aromatic N) is 3. The zero-order valence-electron chi connectivity index (χ0n) is 10.0. The molecule has 1 N–H and O–H groups in total. The second-order valence-electron chi connectivity index (χ2n) is 4.51. The average Bonchev–Trinajstić information content (AvgIpc) is 2.70. The molecular formula is C11H22N4. The molecule has 1 aromatic rings. The van der Waals surface area contributed by atoms with Gasteiger partial charge in [0, 0.05) is 6.42 Å². The molecule has 1 aromatic heterocycles. The van der Waals surface area contributed by atoms with E-state index in [1.807, 2.05) is 0 Å². The zero-order valence-corrected chi connectivity index (χ0v) is 10.0. The van der Waals surface area contributed by atoms with Gasteiger partial charge in [-0.05, 0) is 18.3 Å². The molecule has 4 heteroatoms. The highest BCUT2D eigenvalue weighted by Crippen LogP contribution is 2.22. The predicted molar refractivity (Wildman–Crippen MR) is 60.4 cm³/mol. The van der Waals surface area contributed by atoms with Crippen molar-refractivity contribution in [2.24, 2.45) is 11.8 Å². The van der Waals surface area contributed by atoms with E-state index in [2.05, 4.69) is 41.4 Å². The van der Waals surface area contributed by atoms with Crippen LogP contribution in [-0.4, -0.2) is 20.6 Å². The van der Waals surface area contributed by atoms with Crippen LogP contribution in [-0.2, 0) is 6.42 Å². The molecule has 0 aliphatic rings. The second-order valence-corrected chi connectivity index (χ2v) is 4.51. The average molecular weight is 210 g/mol. The lowest BCUT2D eigenvalue weighted by molar-refractivity contribution is 0.326. The van der Waals surface area contributed by atoms with Crippen molar-refractivity contribution < 1.29 is 0 Å². The van der Waals surface area contributed by atoms with Gasteiger partial charge in [-0.1, -0.05) is 45.2 Å². The van der Waals surface area contributed by atoms with Gasteiger partial charge in [0.1, 0.15) is 0 Å². The van der Waals surface area contributed by atoms with Gasteiger partial charge in [0.05, 0.1) is 0 Å². The maximum atomic E-state index is 3.98. The zero-order chi connectivity index (χ0) is 11.1. The molecule has 1 atom stereocenters. The number of aromatic amines is 1. The Morgan fingerprint density at radius 2 is 2.07 bits per heavy atom. The number of aryl methyl sites for hydroxylation is 1. The summed E-state index contributed by atoms with van der Waals surface area (Å²) in [6.07, 6.45) is 6.06. The van der Waals surface area contributed by atoms with E-state index in [0.29, 0.717) is 0 Å². The standard InChI is InChI=1S/C11H22N4/c1-4-5-6-10(9(2)3)7-8-11-12-14-15-13-11/h9-10H,4-8H2,1-3H3,(H,12,13,14,15)/t10-/m0/s1. The van der Waals surface area contributed by atoms with E-state index < -0.39 is 0 Å². The van der Waals surface area contributed by atoms with Gasteiger partial charge in [0.2, 0.25) is 0 Å². The lowest BCUT2D eigenvalue weighted by Crippen LogP contribution is -2.10. The van der Waals surface area contributed by atoms with Gasteiger partial charge < -0.3 is 0 Å². The number of unbranched alkanes of at least 4 members (excludes halogenated alkanes) is 1. The third-order valence-electron chi connectivity index (χ3n) is 3.00. The Balaban J connectivity index is 2.31. The molecule has 4 nitrogen and oxygen atoms in total. The van der Waals surface area contributed by atoms with Crippen LogP contribution < -0.4 is 0 Å². The van der Waals surface area contributed by atoms with Crippen molar-refractivity contribution in [1.82, 2.24) is 20.6 Å². The van der Waals surface area contributed by atoms with Crippen LogP contribution in [0.1, 0.15) is 52.3 Å². The minimum absolute atomic E-state index is 0.753. The lowest BCUT2D eigenvalue weighted by Gasteiger charge is -2.19. The van der Waals surface area contributed by atoms with Gasteiger partial charge in [-0.25, -0.2) is 0 Å². The van der Waals surface area contributed by atoms with Gasteiger partial charge in [-0.15, -0.1) is 10.2 Å². The summed E-state index contributed by atoms with van der Waals surface area (Å²) in [7, 11) is 0. The van der Waals surface area contributed by atoms with Crippen LogP contribution in [0.4, 0.5) is 0 Å². The van der Waals surface area contributed by atoms with Crippen molar-refractivity contribution in [2.45, 2.75) is 52.9 Å². The molecule has 0 bridgehead atoms. The summed E-state index contributed by atoms with van der Waals surface area (Å²) < 4.78 is 0. The van der Waals surface area contributed by atoms with Gasteiger partial charge in [0.25, 0.3) is 0 Å². The van der Waals surface area contributed by atoms with E-state index in [-0.39, 0.29) is 0 Å². The molecule has 0 saturated heterocycles. The quantitative estimate of drug-likeness (QED) is 0.752. The van der Waals surface area contributed by atoms with Gasteiger partial charge in [-0.3, -0.25) is 0 Å². The highest BCUT2D eigenvalue weighted by molar-refractivity contribution is 4.78. The Morgan fingerprint density at radius 3 is 2.60 bits per heavy atom. The van der Waals surface area contributed by atoms with E-state index in [9.17, 15) is 0 Å². The fraction of sp³-hybridized carbons (Fsp3) is 0.909. The molecule has 0 aliphatic carbocycles. The summed E-state index contributed by atoms with van der Waals surface area (Å²) in [6.45, 7) is 6.85. The van der Waals surface area contributed by atoms with Gasteiger partial charge in [0.15, 0.2) is 5.82 Å². The summed E-state index contributed by atoms with van der Waals surface area (Å²) in [5.74, 6) is 2.39. The molecule has 0 spiro atoms. The van der Waals surface area contributed by atoms with Crippen LogP contribution >= 0.6 is 0 Å². The van der Waals surface area contributed by atoms with Crippen LogP contribution in [0.2, 0.25) is 0 Å². The Labute approximate surface area is 91.9 Å². The Morgan fingerprint density at radius 1 is 1.27 bits per heavy atom. The first-order chi connectivity index (χ1) is 7.24. The van der Waals surface area contributed by atoms with Crippen molar-refractivity contribution in [3.8, 4) is 0 Å². The lowest BCUT2D eigenvalue weighted by atomic mass is 9.87. The van der Waals surface area contributed by atoms with Crippen LogP contribution in [0.5, 0.6) is 0 Å². The predicted octanol–water partition coefficient (Wildman–Crippen LogP) is 2.59. The number of tetrazole rings is 1. The van der Waals surface area contributed by atoms with Gasteiger partial charge >= 0.3 is 0 Å². The van der Waals surface area contributed by atoms with E-state index >= 15 is 0 Å². The van der Waals surface area contributed by atoms with E-state index in [0.717, 1.165) is 24.1 Å². The number of aromatic nitrogens is 4. The fourth-order valence-electron chi connectivity index (χ4n) is 1.88. The molecule has 0 aliphatic heterocycles. The Kier molecular flexibility index (Phi) is 5.29. The fourth-order valence-corrected chi connectivity index (χ4v) is 1.88. The minimum atomic E-state index is 0.753. The van der Waals surface area contributed by atoms with Crippen molar-refractivity contribution >= 4 is 0 Å². The third-order valence-corrected chi connectivity index (χ3v) is 3.00. The maximum Gasteiger partial charge on any atom is 0.174 e. The number of hydrogen-bond acceptors (Lipinski definition) is 3. The summed E-state index contributed by atoms with van der Waals surface area (Å²) in [5.41, 5.74) is 0. The van der Waals surface area contributed by atoms with Crippen molar-refractivity contribution in [3.05, 3.63) is 5.82 Å². The molecule has 0 unspecified atom stereocenters. The molecule has 1 heterocycles. The number of rotatable bonds is 7. The van der Waals surface area contributed by atoms with Gasteiger partial charge in [-0.2, -0.15) is 5.21 Å². The Hall–Kier alpha value is -0.930. The number of H-pyrrole nitrogens is 1. The summed E-state index contributed by atoms with van der Waals surface area (Å²) in [4.78, 5) is 0. The molecule has 0 radical (unpaired) electrons. The topological polar surface area (TPSA) is 54.5 Å².